The lowest BCUT2D eigenvalue weighted by Crippen LogP contribution is -2.58. The summed E-state index contributed by atoms with van der Waals surface area (Å²) in [6.45, 7) is 6.96. The maximum absolute atomic E-state index is 14.5. The molecular weight excluding hydrogens is 694 g/mol. The number of carbonyl (C=O) groups is 2. The average Bonchev–Trinajstić information content (AvgIpc) is 3.87. The fourth-order valence-electron chi connectivity index (χ4n) is 7.20. The Balaban J connectivity index is 1.37. The molecule has 14 nitrogen and oxygen atoms in total. The number of nitrogens with one attached hydrogen (secondary N) is 1. The molecule has 2 aromatic rings. The molecule has 2 amide bonds. The topological polar surface area (TPSA) is 173 Å². The largest absolute Gasteiger partial charge is 0.465 e. The highest BCUT2D eigenvalue weighted by atomic mass is 32.2. The van der Waals surface area contributed by atoms with E-state index in [1.54, 1.807) is 6.07 Å². The summed E-state index contributed by atoms with van der Waals surface area (Å²) < 4.78 is 57.7. The van der Waals surface area contributed by atoms with Gasteiger partial charge in [0.15, 0.2) is 17.8 Å². The first-order chi connectivity index (χ1) is 24.9. The maximum atomic E-state index is 14.5. The summed E-state index contributed by atoms with van der Waals surface area (Å²) in [5.74, 6) is 0.541. The minimum atomic E-state index is -4.23. The molecule has 0 saturated carbocycles. The second-order valence-corrected chi connectivity index (χ2v) is 16.4. The zero-order chi connectivity index (χ0) is 37.3. The van der Waals surface area contributed by atoms with Gasteiger partial charge in [-0.1, -0.05) is 63.9 Å². The lowest BCUT2D eigenvalue weighted by atomic mass is 9.86. The van der Waals surface area contributed by atoms with E-state index in [9.17, 15) is 28.2 Å². The van der Waals surface area contributed by atoms with Crippen LogP contribution in [0.3, 0.4) is 0 Å². The number of fused-ring (bicyclic) bond motifs is 2. The number of ether oxygens (including phenoxy) is 5. The number of aliphatic hydroxyl groups is 1. The number of benzene rings is 2. The SMILES string of the molecule is CCCOC(=O)NCCCCCC(C)(C)CN(C[C@@H](O)[C@H](Cc1ccccc1)N(C(=O)O)[C@H]1CO[C@H]2OCC[C@H]21)S(=O)(=O)c1ccc2c(c1)OCO2. The Kier molecular flexibility index (Phi) is 13.6. The second kappa shape index (κ2) is 17.9. The van der Waals surface area contributed by atoms with Crippen molar-refractivity contribution < 1.29 is 51.9 Å². The number of alkyl carbamates (subject to hydrolysis) is 1. The third-order valence-electron chi connectivity index (χ3n) is 9.89. The molecule has 3 heterocycles. The predicted molar refractivity (Wildman–Crippen MR) is 191 cm³/mol. The number of sulfonamides is 1. The van der Waals surface area contributed by atoms with Gasteiger partial charge in [0.25, 0.3) is 0 Å². The molecule has 0 spiro atoms. The summed E-state index contributed by atoms with van der Waals surface area (Å²) in [4.78, 5) is 26.1. The molecule has 0 aromatic heterocycles. The summed E-state index contributed by atoms with van der Waals surface area (Å²) in [6.07, 6.45) is 0.910. The molecule has 5 atom stereocenters. The lowest BCUT2D eigenvalue weighted by molar-refractivity contribution is -0.0906. The third-order valence-corrected chi connectivity index (χ3v) is 11.7. The van der Waals surface area contributed by atoms with Crippen molar-refractivity contribution in [1.82, 2.24) is 14.5 Å². The molecule has 3 aliphatic heterocycles. The molecule has 52 heavy (non-hydrogen) atoms. The van der Waals surface area contributed by atoms with Gasteiger partial charge in [-0.15, -0.1) is 0 Å². The van der Waals surface area contributed by atoms with E-state index in [-0.39, 0.29) is 43.7 Å². The van der Waals surface area contributed by atoms with Crippen LogP contribution in [-0.4, -0.2) is 111 Å². The van der Waals surface area contributed by atoms with E-state index in [0.717, 1.165) is 31.2 Å². The Morgan fingerprint density at radius 2 is 1.83 bits per heavy atom. The van der Waals surface area contributed by atoms with Crippen LogP contribution in [0.2, 0.25) is 0 Å². The van der Waals surface area contributed by atoms with Crippen molar-refractivity contribution >= 4 is 22.2 Å². The smallest absolute Gasteiger partial charge is 0.407 e. The summed E-state index contributed by atoms with van der Waals surface area (Å²) in [5, 5.41) is 25.5. The number of nitrogens with zero attached hydrogens (tertiary/aromatic N) is 2. The molecule has 0 unspecified atom stereocenters. The Morgan fingerprint density at radius 3 is 2.58 bits per heavy atom. The molecule has 2 aromatic carbocycles. The van der Waals surface area contributed by atoms with Gasteiger partial charge in [-0.25, -0.2) is 18.0 Å². The van der Waals surface area contributed by atoms with E-state index >= 15 is 0 Å². The number of aliphatic hydroxyl groups excluding tert-OH is 1. The Morgan fingerprint density at radius 1 is 1.06 bits per heavy atom. The number of hydrogen-bond donors (Lipinski definition) is 3. The number of hydrogen-bond acceptors (Lipinski definition) is 10. The minimum Gasteiger partial charge on any atom is -0.465 e. The first-order valence-electron chi connectivity index (χ1n) is 18.2. The summed E-state index contributed by atoms with van der Waals surface area (Å²) in [5.41, 5.74) is 0.265. The zero-order valence-electron chi connectivity index (χ0n) is 30.3. The van der Waals surface area contributed by atoms with Gasteiger partial charge in [-0.2, -0.15) is 4.31 Å². The van der Waals surface area contributed by atoms with E-state index in [2.05, 4.69) is 5.32 Å². The van der Waals surface area contributed by atoms with Crippen molar-refractivity contribution in [1.29, 1.82) is 0 Å². The molecular formula is C37H53N3O11S. The summed E-state index contributed by atoms with van der Waals surface area (Å²) in [7, 11) is -4.23. The number of carbonyl (C=O) groups excluding carboxylic acids is 1. The fraction of sp³-hybridized carbons (Fsp3) is 0.622. The van der Waals surface area contributed by atoms with Gasteiger partial charge in [0.2, 0.25) is 16.8 Å². The molecule has 2 fully saturated rings. The average molecular weight is 748 g/mol. The van der Waals surface area contributed by atoms with Crippen LogP contribution in [0.4, 0.5) is 9.59 Å². The van der Waals surface area contributed by atoms with E-state index in [0.29, 0.717) is 44.1 Å². The molecule has 5 rings (SSSR count). The van der Waals surface area contributed by atoms with Crippen molar-refractivity contribution in [3.05, 3.63) is 54.1 Å². The third kappa shape index (κ3) is 10.1. The van der Waals surface area contributed by atoms with Crippen molar-refractivity contribution in [2.45, 2.75) is 95.1 Å². The zero-order valence-corrected chi connectivity index (χ0v) is 31.1. The number of amides is 2. The van der Waals surface area contributed by atoms with Gasteiger partial charge >= 0.3 is 12.2 Å². The van der Waals surface area contributed by atoms with Crippen LogP contribution < -0.4 is 14.8 Å². The van der Waals surface area contributed by atoms with Crippen LogP contribution in [0.1, 0.15) is 64.9 Å². The standard InChI is InChI=1S/C37H53N3O11S/c1-4-18-48-35(42)38-17-10-6-9-16-37(2,3)24-39(52(45,46)27-13-14-32-33(21-27)51-25-50-32)22-31(41)29(20-26-11-7-5-8-12-26)40(36(43)44)30-23-49-34-28(30)15-19-47-34/h5,7-8,11-14,21,28-31,34,41H,4,6,9-10,15-20,22-25H2,1-3H3,(H,38,42)(H,43,44)/t28-,29-,30-,31+,34+/m0/s1. The Labute approximate surface area is 306 Å². The first kappa shape index (κ1) is 39.6. The molecule has 0 aliphatic carbocycles. The lowest BCUT2D eigenvalue weighted by Gasteiger charge is -2.40. The summed E-state index contributed by atoms with van der Waals surface area (Å²) >= 11 is 0. The molecule has 0 bridgehead atoms. The van der Waals surface area contributed by atoms with Gasteiger partial charge in [0.05, 0.1) is 42.9 Å². The van der Waals surface area contributed by atoms with Gasteiger partial charge < -0.3 is 39.2 Å². The molecule has 3 N–H and O–H groups in total. The first-order valence-corrected chi connectivity index (χ1v) is 19.6. The van der Waals surface area contributed by atoms with Gasteiger partial charge in [-0.05, 0) is 55.2 Å². The quantitative estimate of drug-likeness (QED) is 0.168. The molecule has 15 heteroatoms. The van der Waals surface area contributed by atoms with Crippen LogP contribution in [0.5, 0.6) is 11.5 Å². The highest BCUT2D eigenvalue weighted by Crippen LogP contribution is 2.38. The van der Waals surface area contributed by atoms with Gasteiger partial charge in [0.1, 0.15) is 0 Å². The number of unbranched alkanes of at least 4 members (excludes halogenated alkanes) is 2. The number of carboxylic acid groups (broad SMARTS) is 1. The predicted octanol–water partition coefficient (Wildman–Crippen LogP) is 4.84. The van der Waals surface area contributed by atoms with Crippen molar-refractivity contribution in [2.24, 2.45) is 11.3 Å². The van der Waals surface area contributed by atoms with Crippen LogP contribution >= 0.6 is 0 Å². The molecule has 0 radical (unpaired) electrons. The van der Waals surface area contributed by atoms with E-state index in [1.165, 1.54) is 21.3 Å². The van der Waals surface area contributed by atoms with Crippen LogP contribution in [0.25, 0.3) is 0 Å². The highest BCUT2D eigenvalue weighted by Gasteiger charge is 2.49. The van der Waals surface area contributed by atoms with Crippen LogP contribution in [-0.2, 0) is 30.7 Å². The van der Waals surface area contributed by atoms with E-state index in [1.807, 2.05) is 51.1 Å². The maximum Gasteiger partial charge on any atom is 0.407 e. The normalized spacial score (nSPS) is 20.8. The van der Waals surface area contributed by atoms with E-state index < -0.39 is 52.1 Å². The number of rotatable bonds is 19. The monoisotopic (exact) mass is 747 g/mol. The van der Waals surface area contributed by atoms with Crippen molar-refractivity contribution in [2.75, 3.05) is 46.2 Å². The van der Waals surface area contributed by atoms with Crippen LogP contribution in [0, 0.1) is 11.3 Å². The van der Waals surface area contributed by atoms with E-state index in [4.69, 9.17) is 23.7 Å². The minimum absolute atomic E-state index is 0.0201. The summed E-state index contributed by atoms with van der Waals surface area (Å²) in [6, 6.07) is 12.1. The molecule has 2 saturated heterocycles. The van der Waals surface area contributed by atoms with Gasteiger partial charge in [-0.3, -0.25) is 4.90 Å². The highest BCUT2D eigenvalue weighted by molar-refractivity contribution is 7.89. The fourth-order valence-corrected chi connectivity index (χ4v) is 8.86. The Hall–Kier alpha value is -3.63. The second-order valence-electron chi connectivity index (χ2n) is 14.5. The van der Waals surface area contributed by atoms with Crippen LogP contribution in [0.15, 0.2) is 53.4 Å². The molecule has 288 valence electrons. The van der Waals surface area contributed by atoms with Crippen molar-refractivity contribution in [3.8, 4) is 11.5 Å². The molecule has 3 aliphatic rings. The van der Waals surface area contributed by atoms with Crippen molar-refractivity contribution in [3.63, 3.8) is 0 Å². The Bertz CT molecular complexity index is 1590. The van der Waals surface area contributed by atoms with Gasteiger partial charge in [0, 0.05) is 31.6 Å².